The summed E-state index contributed by atoms with van der Waals surface area (Å²) in [5.41, 5.74) is 3.61. The SMILES string of the molecule is CCc1nc2c(cc1Cc1ccc(F)cc1F)N(C(=O)CN1C[C@@H](C)NC[C@@H]1CN1CCOC[C@H]1C)CC2(C)C. The predicted molar refractivity (Wildman–Crippen MR) is 153 cm³/mol. The number of benzene rings is 1. The predicted octanol–water partition coefficient (Wildman–Crippen LogP) is 3.52. The number of aromatic nitrogens is 1. The van der Waals surface area contributed by atoms with Gasteiger partial charge in [0.15, 0.2) is 0 Å². The number of halogens is 2. The Morgan fingerprint density at radius 1 is 1.18 bits per heavy atom. The minimum Gasteiger partial charge on any atom is -0.379 e. The first kappa shape index (κ1) is 29.0. The van der Waals surface area contributed by atoms with E-state index in [1.165, 1.54) is 12.1 Å². The van der Waals surface area contributed by atoms with Crippen LogP contribution in [0.3, 0.4) is 0 Å². The van der Waals surface area contributed by atoms with Crippen molar-refractivity contribution in [1.29, 1.82) is 0 Å². The zero-order valence-corrected chi connectivity index (χ0v) is 24.5. The Morgan fingerprint density at radius 2 is 1.98 bits per heavy atom. The molecule has 0 aliphatic carbocycles. The lowest BCUT2D eigenvalue weighted by atomic mass is 9.90. The average Bonchev–Trinajstić information content (AvgIpc) is 3.17. The number of rotatable bonds is 7. The van der Waals surface area contributed by atoms with Crippen LogP contribution in [-0.4, -0.2) is 91.3 Å². The number of carbonyl (C=O) groups excluding carboxylic acids is 1. The lowest BCUT2D eigenvalue weighted by Gasteiger charge is -2.43. The van der Waals surface area contributed by atoms with E-state index in [0.29, 0.717) is 43.6 Å². The summed E-state index contributed by atoms with van der Waals surface area (Å²) in [6.07, 6.45) is 0.989. The molecule has 7 nitrogen and oxygen atoms in total. The second kappa shape index (κ2) is 11.8. The molecule has 2 fully saturated rings. The number of fused-ring (bicyclic) bond motifs is 1. The van der Waals surface area contributed by atoms with Crippen LogP contribution >= 0.6 is 0 Å². The van der Waals surface area contributed by atoms with Gasteiger partial charge in [0.2, 0.25) is 5.91 Å². The molecule has 218 valence electrons. The maximum Gasteiger partial charge on any atom is 0.241 e. The number of anilines is 1. The number of hydrogen-bond acceptors (Lipinski definition) is 6. The third-order valence-corrected chi connectivity index (χ3v) is 8.70. The molecule has 5 rings (SSSR count). The smallest absolute Gasteiger partial charge is 0.241 e. The van der Waals surface area contributed by atoms with Gasteiger partial charge in [-0.05, 0) is 43.5 Å². The lowest BCUT2D eigenvalue weighted by Crippen LogP contribution is -2.62. The number of amides is 1. The first-order valence-electron chi connectivity index (χ1n) is 14.6. The van der Waals surface area contributed by atoms with Crippen molar-refractivity contribution in [2.24, 2.45) is 0 Å². The summed E-state index contributed by atoms with van der Waals surface area (Å²) in [5, 5.41) is 3.60. The summed E-state index contributed by atoms with van der Waals surface area (Å²) in [6.45, 7) is 16.5. The normalized spacial score (nSPS) is 25.3. The molecule has 1 amide bonds. The molecule has 9 heteroatoms. The Balaban J connectivity index is 1.39. The molecule has 2 aromatic rings. The first-order chi connectivity index (χ1) is 19.1. The molecule has 0 spiro atoms. The van der Waals surface area contributed by atoms with Crippen LogP contribution in [0.15, 0.2) is 24.3 Å². The molecule has 40 heavy (non-hydrogen) atoms. The second-order valence-electron chi connectivity index (χ2n) is 12.4. The van der Waals surface area contributed by atoms with Crippen molar-refractivity contribution in [3.05, 3.63) is 58.4 Å². The third kappa shape index (κ3) is 6.08. The summed E-state index contributed by atoms with van der Waals surface area (Å²) in [4.78, 5) is 25.7. The van der Waals surface area contributed by atoms with Crippen molar-refractivity contribution < 1.29 is 18.3 Å². The molecule has 3 atom stereocenters. The Labute approximate surface area is 236 Å². The highest BCUT2D eigenvalue weighted by molar-refractivity contribution is 5.97. The molecular weight excluding hydrogens is 512 g/mol. The van der Waals surface area contributed by atoms with E-state index in [-0.39, 0.29) is 17.4 Å². The van der Waals surface area contributed by atoms with Crippen molar-refractivity contribution in [2.75, 3.05) is 57.4 Å². The van der Waals surface area contributed by atoms with E-state index in [1.807, 2.05) is 17.9 Å². The highest BCUT2D eigenvalue weighted by Gasteiger charge is 2.41. The summed E-state index contributed by atoms with van der Waals surface area (Å²) in [5.74, 6) is -1.10. The highest BCUT2D eigenvalue weighted by Crippen LogP contribution is 2.41. The van der Waals surface area contributed by atoms with E-state index >= 15 is 0 Å². The molecule has 3 aliphatic heterocycles. The molecular formula is C31H43F2N5O2. The monoisotopic (exact) mass is 555 g/mol. The zero-order chi connectivity index (χ0) is 28.6. The fourth-order valence-corrected chi connectivity index (χ4v) is 6.36. The number of pyridine rings is 1. The van der Waals surface area contributed by atoms with Crippen LogP contribution in [0.4, 0.5) is 14.5 Å². The van der Waals surface area contributed by atoms with Crippen molar-refractivity contribution in [1.82, 2.24) is 20.1 Å². The maximum absolute atomic E-state index is 14.5. The van der Waals surface area contributed by atoms with Gasteiger partial charge in [-0.15, -0.1) is 0 Å². The molecule has 4 heterocycles. The van der Waals surface area contributed by atoms with Crippen molar-refractivity contribution >= 4 is 11.6 Å². The number of nitrogens with zero attached hydrogens (tertiary/aromatic N) is 4. The molecule has 0 unspecified atom stereocenters. The van der Waals surface area contributed by atoms with E-state index in [9.17, 15) is 13.6 Å². The Morgan fingerprint density at radius 3 is 2.70 bits per heavy atom. The van der Waals surface area contributed by atoms with E-state index in [0.717, 1.165) is 68.1 Å². The van der Waals surface area contributed by atoms with Gasteiger partial charge in [0.25, 0.3) is 0 Å². The number of morpholine rings is 1. The van der Waals surface area contributed by atoms with Crippen LogP contribution in [-0.2, 0) is 27.8 Å². The Hall–Kier alpha value is -2.46. The summed E-state index contributed by atoms with van der Waals surface area (Å²) < 4.78 is 33.7. The zero-order valence-electron chi connectivity index (χ0n) is 24.5. The van der Waals surface area contributed by atoms with E-state index in [4.69, 9.17) is 9.72 Å². The largest absolute Gasteiger partial charge is 0.379 e. The molecule has 3 aliphatic rings. The van der Waals surface area contributed by atoms with Crippen LogP contribution in [0.1, 0.15) is 57.1 Å². The second-order valence-corrected chi connectivity index (χ2v) is 12.4. The van der Waals surface area contributed by atoms with E-state index < -0.39 is 11.6 Å². The van der Waals surface area contributed by atoms with Crippen molar-refractivity contribution in [2.45, 2.75) is 71.0 Å². The summed E-state index contributed by atoms with van der Waals surface area (Å²) >= 11 is 0. The molecule has 1 N–H and O–H groups in total. The molecule has 1 aromatic carbocycles. The lowest BCUT2D eigenvalue weighted by molar-refractivity contribution is -0.121. The topological polar surface area (TPSA) is 60.9 Å². The fraction of sp³-hybridized carbons (Fsp3) is 0.613. The van der Waals surface area contributed by atoms with Gasteiger partial charge in [-0.3, -0.25) is 19.6 Å². The fourth-order valence-electron chi connectivity index (χ4n) is 6.36. The highest BCUT2D eigenvalue weighted by atomic mass is 19.1. The number of carbonyl (C=O) groups is 1. The minimum absolute atomic E-state index is 0.0610. The number of nitrogens with one attached hydrogen (secondary N) is 1. The van der Waals surface area contributed by atoms with Gasteiger partial charge in [0.1, 0.15) is 11.6 Å². The van der Waals surface area contributed by atoms with Crippen LogP contribution in [0, 0.1) is 11.6 Å². The quantitative estimate of drug-likeness (QED) is 0.564. The van der Waals surface area contributed by atoms with Gasteiger partial charge in [-0.25, -0.2) is 8.78 Å². The molecule has 2 saturated heterocycles. The van der Waals surface area contributed by atoms with Gasteiger partial charge in [0, 0.05) is 74.4 Å². The van der Waals surface area contributed by atoms with E-state index in [1.54, 1.807) is 0 Å². The molecule has 1 aromatic heterocycles. The maximum atomic E-state index is 14.5. The average molecular weight is 556 g/mol. The van der Waals surface area contributed by atoms with Gasteiger partial charge in [0.05, 0.1) is 31.1 Å². The van der Waals surface area contributed by atoms with Crippen LogP contribution in [0.5, 0.6) is 0 Å². The summed E-state index contributed by atoms with van der Waals surface area (Å²) in [7, 11) is 0. The summed E-state index contributed by atoms with van der Waals surface area (Å²) in [6, 6.07) is 6.61. The molecule has 0 bridgehead atoms. The molecule has 0 saturated carbocycles. The van der Waals surface area contributed by atoms with Gasteiger partial charge < -0.3 is 15.0 Å². The van der Waals surface area contributed by atoms with Gasteiger partial charge in [-0.2, -0.15) is 0 Å². The number of ether oxygens (including phenoxy) is 1. The third-order valence-electron chi connectivity index (χ3n) is 8.70. The number of piperazine rings is 1. The Bertz CT molecular complexity index is 1240. The van der Waals surface area contributed by atoms with Gasteiger partial charge >= 0.3 is 0 Å². The van der Waals surface area contributed by atoms with Crippen LogP contribution in [0.25, 0.3) is 0 Å². The van der Waals surface area contributed by atoms with Gasteiger partial charge in [-0.1, -0.05) is 26.8 Å². The van der Waals surface area contributed by atoms with Crippen molar-refractivity contribution in [3.8, 4) is 0 Å². The van der Waals surface area contributed by atoms with Crippen LogP contribution in [0.2, 0.25) is 0 Å². The minimum atomic E-state index is -0.592. The van der Waals surface area contributed by atoms with Crippen molar-refractivity contribution in [3.63, 3.8) is 0 Å². The Kier molecular flexibility index (Phi) is 8.57. The number of aryl methyl sites for hydroxylation is 1. The van der Waals surface area contributed by atoms with Crippen LogP contribution < -0.4 is 10.2 Å². The van der Waals surface area contributed by atoms with E-state index in [2.05, 4.69) is 42.8 Å². The number of hydrogen-bond donors (Lipinski definition) is 1. The first-order valence-corrected chi connectivity index (χ1v) is 14.6. The molecule has 0 radical (unpaired) electrons. The standard InChI is InChI=1S/C31H43F2N5O2/c1-6-27-23(11-22-7-8-24(32)13-26(22)33)12-28-30(35-27)31(4,5)19-38(28)29(39)17-37-15-20(2)34-14-25(37)16-36-9-10-40-18-21(36)3/h7-8,12-13,20-21,25,34H,6,9-11,14-19H2,1-5H3/t20-,21-,25-/m1/s1.